The van der Waals surface area contributed by atoms with Gasteiger partial charge in [0.1, 0.15) is 6.04 Å². The molecule has 2 amide bonds. The van der Waals surface area contributed by atoms with Crippen molar-refractivity contribution in [1.82, 2.24) is 10.2 Å². The second-order valence-corrected chi connectivity index (χ2v) is 7.49. The highest BCUT2D eigenvalue weighted by Gasteiger charge is 2.36. The fraction of sp³-hybridized carbons (Fsp3) is 0.619. The van der Waals surface area contributed by atoms with E-state index in [9.17, 15) is 9.59 Å². The molecule has 0 radical (unpaired) electrons. The van der Waals surface area contributed by atoms with Crippen LogP contribution in [0.2, 0.25) is 0 Å². The van der Waals surface area contributed by atoms with Crippen LogP contribution in [0.15, 0.2) is 30.3 Å². The first-order chi connectivity index (χ1) is 12.6. The minimum atomic E-state index is -0.490. The lowest BCUT2D eigenvalue weighted by Crippen LogP contribution is -2.56. The smallest absolute Gasteiger partial charge is 0.245 e. The standard InChI is InChI=1S/C21H30N2O3/c1-16(24)22-19(15-17-7-3-2-4-8-17)21(25)23-12-6-5-9-20(23)18-10-13-26-14-11-18/h2-4,7-8,18-20H,5-6,9-15H2,1H3,(H,22,24)/t19-,20?/m0/s1. The molecule has 2 heterocycles. The molecule has 1 aromatic carbocycles. The number of carbonyl (C=O) groups is 2. The van der Waals surface area contributed by atoms with Gasteiger partial charge in [0.25, 0.3) is 0 Å². The summed E-state index contributed by atoms with van der Waals surface area (Å²) in [4.78, 5) is 27.1. The van der Waals surface area contributed by atoms with Gasteiger partial charge in [-0.05, 0) is 43.6 Å². The van der Waals surface area contributed by atoms with Crippen LogP contribution in [0.4, 0.5) is 0 Å². The fourth-order valence-corrected chi connectivity index (χ4v) is 4.32. The first-order valence-electron chi connectivity index (χ1n) is 9.84. The molecule has 1 N–H and O–H groups in total. The molecule has 0 saturated carbocycles. The van der Waals surface area contributed by atoms with Gasteiger partial charge in [0.2, 0.25) is 11.8 Å². The maximum atomic E-state index is 13.4. The second kappa shape index (κ2) is 9.17. The van der Waals surface area contributed by atoms with Crippen LogP contribution in [0.3, 0.4) is 0 Å². The number of nitrogens with one attached hydrogen (secondary N) is 1. The van der Waals surface area contributed by atoms with Gasteiger partial charge in [0.15, 0.2) is 0 Å². The molecular weight excluding hydrogens is 328 g/mol. The van der Waals surface area contributed by atoms with E-state index < -0.39 is 6.04 Å². The van der Waals surface area contributed by atoms with Crippen molar-refractivity contribution in [2.75, 3.05) is 19.8 Å². The molecule has 142 valence electrons. The van der Waals surface area contributed by atoms with E-state index in [4.69, 9.17) is 4.74 Å². The van der Waals surface area contributed by atoms with Crippen molar-refractivity contribution >= 4 is 11.8 Å². The lowest BCUT2D eigenvalue weighted by molar-refractivity contribution is -0.141. The van der Waals surface area contributed by atoms with Crippen molar-refractivity contribution in [2.24, 2.45) is 5.92 Å². The van der Waals surface area contributed by atoms with Gasteiger partial charge >= 0.3 is 0 Å². The van der Waals surface area contributed by atoms with Crippen molar-refractivity contribution < 1.29 is 14.3 Å². The van der Waals surface area contributed by atoms with Crippen LogP contribution >= 0.6 is 0 Å². The summed E-state index contributed by atoms with van der Waals surface area (Å²) < 4.78 is 5.50. The summed E-state index contributed by atoms with van der Waals surface area (Å²) >= 11 is 0. The normalized spacial score (nSPS) is 22.7. The van der Waals surface area contributed by atoms with Crippen LogP contribution < -0.4 is 5.32 Å². The van der Waals surface area contributed by atoms with E-state index in [1.165, 1.54) is 13.3 Å². The highest BCUT2D eigenvalue weighted by Crippen LogP contribution is 2.30. The Balaban J connectivity index is 1.75. The Hall–Kier alpha value is -1.88. The number of likely N-dealkylation sites (tertiary alicyclic amines) is 1. The van der Waals surface area contributed by atoms with Crippen LogP contribution in [0.1, 0.15) is 44.6 Å². The summed E-state index contributed by atoms with van der Waals surface area (Å²) in [7, 11) is 0. The summed E-state index contributed by atoms with van der Waals surface area (Å²) in [5.41, 5.74) is 1.07. The van der Waals surface area contributed by atoms with Gasteiger partial charge in [0, 0.05) is 39.1 Å². The number of ether oxygens (including phenoxy) is 1. The quantitative estimate of drug-likeness (QED) is 0.880. The number of hydrogen-bond acceptors (Lipinski definition) is 3. The largest absolute Gasteiger partial charge is 0.381 e. The highest BCUT2D eigenvalue weighted by atomic mass is 16.5. The zero-order valence-electron chi connectivity index (χ0n) is 15.7. The Morgan fingerprint density at radius 2 is 1.88 bits per heavy atom. The second-order valence-electron chi connectivity index (χ2n) is 7.49. The maximum Gasteiger partial charge on any atom is 0.245 e. The van der Waals surface area contributed by atoms with E-state index in [-0.39, 0.29) is 17.9 Å². The molecule has 3 rings (SSSR count). The third-order valence-electron chi connectivity index (χ3n) is 5.60. The molecule has 26 heavy (non-hydrogen) atoms. The Labute approximate surface area is 156 Å². The third kappa shape index (κ3) is 4.85. The number of amides is 2. The Morgan fingerprint density at radius 1 is 1.15 bits per heavy atom. The van der Waals surface area contributed by atoms with Crippen molar-refractivity contribution in [3.05, 3.63) is 35.9 Å². The number of benzene rings is 1. The van der Waals surface area contributed by atoms with Gasteiger partial charge in [0.05, 0.1) is 0 Å². The number of carbonyl (C=O) groups excluding carboxylic acids is 2. The summed E-state index contributed by atoms with van der Waals surface area (Å²) in [5, 5.41) is 2.89. The maximum absolute atomic E-state index is 13.4. The van der Waals surface area contributed by atoms with Crippen LogP contribution in [-0.2, 0) is 20.7 Å². The van der Waals surface area contributed by atoms with Crippen LogP contribution in [0.5, 0.6) is 0 Å². The average molecular weight is 358 g/mol. The van der Waals surface area contributed by atoms with Gasteiger partial charge < -0.3 is 15.0 Å². The van der Waals surface area contributed by atoms with Crippen LogP contribution in [-0.4, -0.2) is 48.6 Å². The summed E-state index contributed by atoms with van der Waals surface area (Å²) in [6, 6.07) is 9.71. The van der Waals surface area contributed by atoms with Crippen molar-refractivity contribution in [3.8, 4) is 0 Å². The molecule has 2 saturated heterocycles. The number of rotatable bonds is 5. The molecule has 0 aromatic heterocycles. The monoisotopic (exact) mass is 358 g/mol. The molecular formula is C21H30N2O3. The third-order valence-corrected chi connectivity index (χ3v) is 5.60. The molecule has 1 unspecified atom stereocenters. The van der Waals surface area contributed by atoms with Crippen molar-refractivity contribution in [2.45, 2.75) is 57.5 Å². The van der Waals surface area contributed by atoms with Crippen molar-refractivity contribution in [1.29, 1.82) is 0 Å². The van der Waals surface area contributed by atoms with Gasteiger partial charge in [-0.1, -0.05) is 30.3 Å². The first kappa shape index (κ1) is 18.9. The van der Waals surface area contributed by atoms with E-state index in [1.54, 1.807) is 0 Å². The van der Waals surface area contributed by atoms with E-state index in [0.29, 0.717) is 12.3 Å². The molecule has 2 fully saturated rings. The topological polar surface area (TPSA) is 58.6 Å². The zero-order valence-corrected chi connectivity index (χ0v) is 15.7. The Kier molecular flexibility index (Phi) is 6.67. The minimum absolute atomic E-state index is 0.0697. The molecule has 0 aliphatic carbocycles. The molecule has 2 atom stereocenters. The fourth-order valence-electron chi connectivity index (χ4n) is 4.32. The molecule has 5 nitrogen and oxygen atoms in total. The van der Waals surface area contributed by atoms with Gasteiger partial charge in [-0.3, -0.25) is 9.59 Å². The van der Waals surface area contributed by atoms with Crippen LogP contribution in [0, 0.1) is 5.92 Å². The van der Waals surface area contributed by atoms with Gasteiger partial charge in [-0.15, -0.1) is 0 Å². The van der Waals surface area contributed by atoms with E-state index in [1.807, 2.05) is 30.3 Å². The average Bonchev–Trinajstić information content (AvgIpc) is 2.68. The SMILES string of the molecule is CC(=O)N[C@@H](Cc1ccccc1)C(=O)N1CCCCC1C1CCOCC1. The summed E-state index contributed by atoms with van der Waals surface area (Å²) in [5.74, 6) is 0.432. The van der Waals surface area contributed by atoms with E-state index >= 15 is 0 Å². The van der Waals surface area contributed by atoms with Crippen molar-refractivity contribution in [3.63, 3.8) is 0 Å². The summed E-state index contributed by atoms with van der Waals surface area (Å²) in [6.45, 7) is 3.87. The first-order valence-corrected chi connectivity index (χ1v) is 9.84. The van der Waals surface area contributed by atoms with E-state index in [0.717, 1.165) is 51.0 Å². The Morgan fingerprint density at radius 3 is 2.58 bits per heavy atom. The van der Waals surface area contributed by atoms with Crippen LogP contribution in [0.25, 0.3) is 0 Å². The highest BCUT2D eigenvalue weighted by molar-refractivity contribution is 5.87. The van der Waals surface area contributed by atoms with Gasteiger partial charge in [-0.2, -0.15) is 0 Å². The Bertz CT molecular complexity index is 599. The number of hydrogen-bond donors (Lipinski definition) is 1. The lowest BCUT2D eigenvalue weighted by Gasteiger charge is -2.43. The number of piperidine rings is 1. The molecule has 2 aliphatic rings. The molecule has 0 bridgehead atoms. The molecule has 1 aromatic rings. The van der Waals surface area contributed by atoms with E-state index in [2.05, 4.69) is 10.2 Å². The summed E-state index contributed by atoms with van der Waals surface area (Å²) in [6.07, 6.45) is 5.87. The molecule has 5 heteroatoms. The molecule has 2 aliphatic heterocycles. The zero-order chi connectivity index (χ0) is 18.4. The number of nitrogens with zero attached hydrogens (tertiary/aromatic N) is 1. The lowest BCUT2D eigenvalue weighted by atomic mass is 9.84. The predicted molar refractivity (Wildman–Crippen MR) is 101 cm³/mol. The minimum Gasteiger partial charge on any atom is -0.381 e. The molecule has 0 spiro atoms. The van der Waals surface area contributed by atoms with Gasteiger partial charge in [-0.25, -0.2) is 0 Å². The predicted octanol–water partition coefficient (Wildman–Crippen LogP) is 2.54.